The number of nitro benzene ring substituents is 1. The molecule has 2 amide bonds. The second-order valence-electron chi connectivity index (χ2n) is 5.83. The summed E-state index contributed by atoms with van der Waals surface area (Å²) in [5.41, 5.74) is 1.18. The Hall–Kier alpha value is -3.07. The van der Waals surface area contributed by atoms with E-state index in [-0.39, 0.29) is 12.3 Å². The van der Waals surface area contributed by atoms with Gasteiger partial charge in [-0.15, -0.1) is 0 Å². The van der Waals surface area contributed by atoms with Crippen LogP contribution in [-0.4, -0.2) is 35.0 Å². The van der Waals surface area contributed by atoms with Gasteiger partial charge >= 0.3 is 6.09 Å². The Balaban J connectivity index is 1.93. The SMILES string of the molecule is CSCC[C@H](NC(=O)OCc1ccccc1)C(=O)Nc1ccc([N+](=O)[O-])cc1. The van der Waals surface area contributed by atoms with Crippen LogP contribution in [0.3, 0.4) is 0 Å². The predicted octanol–water partition coefficient (Wildman–Crippen LogP) is 3.58. The van der Waals surface area contributed by atoms with Crippen LogP contribution in [-0.2, 0) is 16.1 Å². The zero-order chi connectivity index (χ0) is 20.4. The van der Waals surface area contributed by atoms with E-state index >= 15 is 0 Å². The molecule has 0 aromatic heterocycles. The molecule has 2 N–H and O–H groups in total. The molecule has 8 nitrogen and oxygen atoms in total. The number of hydrogen-bond donors (Lipinski definition) is 2. The van der Waals surface area contributed by atoms with Gasteiger partial charge in [-0.25, -0.2) is 4.79 Å². The molecular formula is C19H21N3O5S. The number of nitro groups is 1. The fraction of sp³-hybridized carbons (Fsp3) is 0.263. The third-order valence-corrected chi connectivity index (χ3v) is 4.42. The number of amides is 2. The van der Waals surface area contributed by atoms with Crippen molar-refractivity contribution in [1.82, 2.24) is 5.32 Å². The van der Waals surface area contributed by atoms with Gasteiger partial charge in [-0.2, -0.15) is 11.8 Å². The van der Waals surface area contributed by atoms with Gasteiger partial charge in [0.25, 0.3) is 5.69 Å². The molecule has 9 heteroatoms. The number of anilines is 1. The van der Waals surface area contributed by atoms with E-state index in [1.807, 2.05) is 36.6 Å². The van der Waals surface area contributed by atoms with Crippen molar-refractivity contribution in [3.63, 3.8) is 0 Å². The number of nitrogens with one attached hydrogen (secondary N) is 2. The number of alkyl carbamates (subject to hydrolysis) is 1. The first-order valence-electron chi connectivity index (χ1n) is 8.51. The summed E-state index contributed by atoms with van der Waals surface area (Å²) in [6, 6.07) is 13.9. The minimum absolute atomic E-state index is 0.0699. The van der Waals surface area contributed by atoms with Gasteiger partial charge in [0.2, 0.25) is 5.91 Å². The van der Waals surface area contributed by atoms with Crippen LogP contribution >= 0.6 is 11.8 Å². The van der Waals surface area contributed by atoms with E-state index in [2.05, 4.69) is 10.6 Å². The lowest BCUT2D eigenvalue weighted by molar-refractivity contribution is -0.384. The lowest BCUT2D eigenvalue weighted by atomic mass is 10.2. The van der Waals surface area contributed by atoms with Crippen molar-refractivity contribution < 1.29 is 19.2 Å². The topological polar surface area (TPSA) is 111 Å². The first-order chi connectivity index (χ1) is 13.5. The summed E-state index contributed by atoms with van der Waals surface area (Å²) in [6.07, 6.45) is 1.63. The number of carbonyl (C=O) groups is 2. The molecule has 0 saturated heterocycles. The van der Waals surface area contributed by atoms with Crippen LogP contribution in [0.25, 0.3) is 0 Å². The second-order valence-corrected chi connectivity index (χ2v) is 6.82. The van der Waals surface area contributed by atoms with E-state index in [0.717, 1.165) is 5.56 Å². The van der Waals surface area contributed by atoms with Crippen molar-refractivity contribution in [3.05, 3.63) is 70.3 Å². The predicted molar refractivity (Wildman–Crippen MR) is 108 cm³/mol. The van der Waals surface area contributed by atoms with Gasteiger partial charge in [-0.3, -0.25) is 14.9 Å². The highest BCUT2D eigenvalue weighted by Gasteiger charge is 2.21. The second kappa shape index (κ2) is 10.9. The Bertz CT molecular complexity index is 799. The molecule has 0 bridgehead atoms. The summed E-state index contributed by atoms with van der Waals surface area (Å²) in [5.74, 6) is 0.247. The van der Waals surface area contributed by atoms with Crippen molar-refractivity contribution in [1.29, 1.82) is 0 Å². The lowest BCUT2D eigenvalue weighted by Crippen LogP contribution is -2.44. The summed E-state index contributed by atoms with van der Waals surface area (Å²) in [7, 11) is 0. The van der Waals surface area contributed by atoms with Crippen LogP contribution in [0, 0.1) is 10.1 Å². The number of benzene rings is 2. The van der Waals surface area contributed by atoms with Crippen LogP contribution in [0.2, 0.25) is 0 Å². The van der Waals surface area contributed by atoms with E-state index in [1.165, 1.54) is 24.3 Å². The van der Waals surface area contributed by atoms with Gasteiger partial charge in [-0.05, 0) is 36.1 Å². The summed E-state index contributed by atoms with van der Waals surface area (Å²) in [6.45, 7) is 0.103. The molecule has 28 heavy (non-hydrogen) atoms. The van der Waals surface area contributed by atoms with E-state index in [9.17, 15) is 19.7 Å². The molecule has 0 saturated carbocycles. The molecular weight excluding hydrogens is 382 g/mol. The van der Waals surface area contributed by atoms with Crippen LogP contribution in [0.15, 0.2) is 54.6 Å². The quantitative estimate of drug-likeness (QED) is 0.489. The Labute approximate surface area is 166 Å². The Kier molecular flexibility index (Phi) is 8.29. The Morgan fingerprint density at radius 3 is 2.43 bits per heavy atom. The fourth-order valence-corrected chi connectivity index (χ4v) is 2.78. The van der Waals surface area contributed by atoms with E-state index in [1.54, 1.807) is 11.8 Å². The highest BCUT2D eigenvalue weighted by Crippen LogP contribution is 2.16. The normalized spacial score (nSPS) is 11.3. The maximum atomic E-state index is 12.5. The summed E-state index contributed by atoms with van der Waals surface area (Å²) < 4.78 is 5.17. The molecule has 0 aliphatic carbocycles. The van der Waals surface area contributed by atoms with Gasteiger partial charge in [0.15, 0.2) is 0 Å². The molecule has 0 heterocycles. The molecule has 0 fully saturated rings. The molecule has 0 aliphatic heterocycles. The number of non-ortho nitro benzene ring substituents is 1. The van der Waals surface area contributed by atoms with Gasteiger partial charge < -0.3 is 15.4 Å². The Morgan fingerprint density at radius 1 is 1.14 bits per heavy atom. The molecule has 148 valence electrons. The van der Waals surface area contributed by atoms with E-state index in [4.69, 9.17) is 4.74 Å². The number of nitrogens with zero attached hydrogens (tertiary/aromatic N) is 1. The minimum atomic E-state index is -0.786. The molecule has 1 atom stereocenters. The standard InChI is InChI=1S/C19H21N3O5S/c1-28-12-11-17(21-19(24)27-13-14-5-3-2-4-6-14)18(23)20-15-7-9-16(10-8-15)22(25)26/h2-10,17H,11-13H2,1H3,(H,20,23)(H,21,24)/t17-/m0/s1. The first-order valence-corrected chi connectivity index (χ1v) is 9.90. The first kappa shape index (κ1) is 21.2. The third-order valence-electron chi connectivity index (χ3n) is 3.78. The van der Waals surface area contributed by atoms with Crippen molar-refractivity contribution in [2.75, 3.05) is 17.3 Å². The molecule has 0 unspecified atom stereocenters. The maximum absolute atomic E-state index is 12.5. The molecule has 0 spiro atoms. The van der Waals surface area contributed by atoms with Crippen molar-refractivity contribution >= 4 is 35.1 Å². The summed E-state index contributed by atoms with van der Waals surface area (Å²) in [4.78, 5) is 34.8. The lowest BCUT2D eigenvalue weighted by Gasteiger charge is -2.18. The van der Waals surface area contributed by atoms with Crippen molar-refractivity contribution in [2.45, 2.75) is 19.1 Å². The van der Waals surface area contributed by atoms with Crippen LogP contribution in [0.4, 0.5) is 16.2 Å². The molecule has 2 rings (SSSR count). The summed E-state index contributed by atoms with van der Waals surface area (Å²) >= 11 is 1.55. The molecule has 2 aromatic rings. The zero-order valence-electron chi connectivity index (χ0n) is 15.3. The Morgan fingerprint density at radius 2 is 1.82 bits per heavy atom. The van der Waals surface area contributed by atoms with Crippen molar-refractivity contribution in [3.8, 4) is 0 Å². The zero-order valence-corrected chi connectivity index (χ0v) is 16.1. The average molecular weight is 403 g/mol. The van der Waals surface area contributed by atoms with Crippen LogP contribution in [0.5, 0.6) is 0 Å². The monoisotopic (exact) mass is 403 g/mol. The largest absolute Gasteiger partial charge is 0.445 e. The number of rotatable bonds is 9. The van der Waals surface area contributed by atoms with Gasteiger partial charge in [0.05, 0.1) is 4.92 Å². The van der Waals surface area contributed by atoms with Crippen LogP contribution in [0.1, 0.15) is 12.0 Å². The average Bonchev–Trinajstić information content (AvgIpc) is 2.70. The number of ether oxygens (including phenoxy) is 1. The molecule has 0 aliphatic rings. The summed E-state index contributed by atoms with van der Waals surface area (Å²) in [5, 5.41) is 15.9. The van der Waals surface area contributed by atoms with Crippen LogP contribution < -0.4 is 10.6 Å². The van der Waals surface area contributed by atoms with Gasteiger partial charge in [0.1, 0.15) is 12.6 Å². The van der Waals surface area contributed by atoms with Gasteiger partial charge in [-0.1, -0.05) is 30.3 Å². The van der Waals surface area contributed by atoms with E-state index < -0.39 is 23.0 Å². The maximum Gasteiger partial charge on any atom is 0.408 e. The van der Waals surface area contributed by atoms with Crippen molar-refractivity contribution in [2.24, 2.45) is 0 Å². The minimum Gasteiger partial charge on any atom is -0.445 e. The highest BCUT2D eigenvalue weighted by atomic mass is 32.2. The highest BCUT2D eigenvalue weighted by molar-refractivity contribution is 7.98. The number of hydrogen-bond acceptors (Lipinski definition) is 6. The third kappa shape index (κ3) is 6.92. The number of carbonyl (C=O) groups excluding carboxylic acids is 2. The fourth-order valence-electron chi connectivity index (χ4n) is 2.31. The number of thioether (sulfide) groups is 1. The van der Waals surface area contributed by atoms with E-state index in [0.29, 0.717) is 17.9 Å². The smallest absolute Gasteiger partial charge is 0.408 e. The molecule has 0 radical (unpaired) electrons. The molecule has 2 aromatic carbocycles. The van der Waals surface area contributed by atoms with Gasteiger partial charge in [0, 0.05) is 17.8 Å².